The molecule has 1 aromatic heterocycles. The van der Waals surface area contributed by atoms with E-state index in [0.29, 0.717) is 24.4 Å². The normalized spacial score (nSPS) is 18.4. The number of nitrogens with zero attached hydrogens (tertiary/aromatic N) is 2. The second-order valence-electron chi connectivity index (χ2n) is 9.33. The van der Waals surface area contributed by atoms with E-state index in [4.69, 9.17) is 0 Å². The molecular weight excluding hydrogens is 448 g/mol. The van der Waals surface area contributed by atoms with E-state index in [1.165, 1.54) is 22.5 Å². The van der Waals surface area contributed by atoms with Crippen LogP contribution in [-0.4, -0.2) is 52.4 Å². The summed E-state index contributed by atoms with van der Waals surface area (Å²) in [6.07, 6.45) is 0.522. The topological polar surface area (TPSA) is 40.6 Å². The largest absolute Gasteiger partial charge is 0.335 e. The van der Waals surface area contributed by atoms with E-state index in [0.717, 1.165) is 22.9 Å². The van der Waals surface area contributed by atoms with Crippen LogP contribution in [0.4, 0.5) is 0 Å². The number of thiophene rings is 1. The summed E-state index contributed by atoms with van der Waals surface area (Å²) in [4.78, 5) is 31.0. The van der Waals surface area contributed by atoms with Gasteiger partial charge in [-0.15, -0.1) is 23.1 Å². The number of carbonyl (C=O) groups is 2. The van der Waals surface area contributed by atoms with Crippen molar-refractivity contribution in [3.63, 3.8) is 0 Å². The summed E-state index contributed by atoms with van der Waals surface area (Å²) in [5, 5.41) is 0. The van der Waals surface area contributed by atoms with E-state index in [1.54, 1.807) is 11.8 Å². The Morgan fingerprint density at radius 1 is 0.909 bits per heavy atom. The van der Waals surface area contributed by atoms with Gasteiger partial charge in [-0.25, -0.2) is 0 Å². The average Bonchev–Trinajstić information content (AvgIpc) is 3.24. The SMILES string of the molecule is CC1(C)CC(=O)c2cc(C(=O)N3CCN(C(c4ccccc4)c4ccccc4)CC3)sc2S1. The molecule has 2 aromatic carbocycles. The number of fused-ring (bicyclic) bond motifs is 1. The van der Waals surface area contributed by atoms with Crippen molar-refractivity contribution in [1.82, 2.24) is 9.80 Å². The molecule has 33 heavy (non-hydrogen) atoms. The van der Waals surface area contributed by atoms with Crippen LogP contribution in [0.5, 0.6) is 0 Å². The number of hydrogen-bond donors (Lipinski definition) is 0. The van der Waals surface area contributed by atoms with Gasteiger partial charge in [-0.2, -0.15) is 0 Å². The first-order valence-corrected chi connectivity index (χ1v) is 13.0. The van der Waals surface area contributed by atoms with Crippen LogP contribution >= 0.6 is 23.1 Å². The Morgan fingerprint density at radius 2 is 1.48 bits per heavy atom. The number of rotatable bonds is 4. The summed E-state index contributed by atoms with van der Waals surface area (Å²) in [6.45, 7) is 7.18. The zero-order chi connectivity index (χ0) is 23.0. The minimum atomic E-state index is -0.106. The lowest BCUT2D eigenvalue weighted by molar-refractivity contribution is 0.0602. The molecule has 0 unspecified atom stereocenters. The van der Waals surface area contributed by atoms with E-state index in [-0.39, 0.29) is 22.5 Å². The lowest BCUT2D eigenvalue weighted by Gasteiger charge is -2.39. The molecule has 3 heterocycles. The summed E-state index contributed by atoms with van der Waals surface area (Å²) in [6, 6.07) is 23.2. The molecule has 6 heteroatoms. The molecule has 0 aliphatic carbocycles. The summed E-state index contributed by atoms with van der Waals surface area (Å²) in [5.41, 5.74) is 3.28. The van der Waals surface area contributed by atoms with Crippen LogP contribution in [0, 0.1) is 0 Å². The highest BCUT2D eigenvalue weighted by molar-refractivity contribution is 8.02. The molecule has 0 radical (unpaired) electrons. The third-order valence-corrected chi connectivity index (χ3v) is 8.88. The van der Waals surface area contributed by atoms with Crippen molar-refractivity contribution in [2.75, 3.05) is 26.2 Å². The average molecular weight is 477 g/mol. The van der Waals surface area contributed by atoms with Crippen LogP contribution in [0.25, 0.3) is 0 Å². The van der Waals surface area contributed by atoms with Gasteiger partial charge in [0.15, 0.2) is 5.78 Å². The van der Waals surface area contributed by atoms with Gasteiger partial charge in [-0.3, -0.25) is 14.5 Å². The van der Waals surface area contributed by atoms with Crippen LogP contribution in [0.15, 0.2) is 70.9 Å². The van der Waals surface area contributed by atoms with Crippen molar-refractivity contribution in [2.45, 2.75) is 35.3 Å². The predicted octanol–water partition coefficient (Wildman–Crippen LogP) is 5.75. The van der Waals surface area contributed by atoms with Gasteiger partial charge in [0.2, 0.25) is 0 Å². The molecule has 4 nitrogen and oxygen atoms in total. The molecule has 2 aliphatic heterocycles. The lowest BCUT2D eigenvalue weighted by atomic mass is 9.96. The van der Waals surface area contributed by atoms with E-state index in [1.807, 2.05) is 23.1 Å². The molecule has 1 saturated heterocycles. The molecule has 0 saturated carbocycles. The van der Waals surface area contributed by atoms with Crippen molar-refractivity contribution in [3.8, 4) is 0 Å². The summed E-state index contributed by atoms with van der Waals surface area (Å²) < 4.78 is 0.886. The fourth-order valence-electron chi connectivity index (χ4n) is 4.74. The molecule has 0 bridgehead atoms. The lowest BCUT2D eigenvalue weighted by Crippen LogP contribution is -2.49. The van der Waals surface area contributed by atoms with E-state index in [9.17, 15) is 9.59 Å². The van der Waals surface area contributed by atoms with Crippen molar-refractivity contribution in [2.24, 2.45) is 0 Å². The van der Waals surface area contributed by atoms with E-state index < -0.39 is 0 Å². The number of amides is 1. The molecule has 5 rings (SSSR count). The Hall–Kier alpha value is -2.41. The predicted molar refractivity (Wildman–Crippen MR) is 135 cm³/mol. The second kappa shape index (κ2) is 9.09. The minimum Gasteiger partial charge on any atom is -0.335 e. The maximum absolute atomic E-state index is 13.3. The van der Waals surface area contributed by atoms with Gasteiger partial charge in [0, 0.05) is 42.9 Å². The fourth-order valence-corrected chi connectivity index (χ4v) is 7.72. The molecule has 1 fully saturated rings. The van der Waals surface area contributed by atoms with Crippen LogP contribution in [-0.2, 0) is 0 Å². The summed E-state index contributed by atoms with van der Waals surface area (Å²) in [5.74, 6) is 0.207. The molecule has 1 amide bonds. The highest BCUT2D eigenvalue weighted by atomic mass is 32.2. The Kier molecular flexibility index (Phi) is 6.16. The first-order chi connectivity index (χ1) is 15.9. The number of benzene rings is 2. The number of thioether (sulfide) groups is 1. The summed E-state index contributed by atoms with van der Waals surface area (Å²) >= 11 is 3.20. The van der Waals surface area contributed by atoms with Gasteiger partial charge in [0.25, 0.3) is 5.91 Å². The van der Waals surface area contributed by atoms with Gasteiger partial charge in [-0.1, -0.05) is 60.7 Å². The van der Waals surface area contributed by atoms with Crippen LogP contribution in [0.1, 0.15) is 57.5 Å². The van der Waals surface area contributed by atoms with E-state index >= 15 is 0 Å². The third-order valence-electron chi connectivity index (χ3n) is 6.36. The van der Waals surface area contributed by atoms with Gasteiger partial charge in [-0.05, 0) is 31.0 Å². The first-order valence-electron chi connectivity index (χ1n) is 11.4. The molecule has 0 spiro atoms. The molecule has 0 N–H and O–H groups in total. The Morgan fingerprint density at radius 3 is 2.06 bits per heavy atom. The minimum absolute atomic E-state index is 0.0521. The van der Waals surface area contributed by atoms with Crippen molar-refractivity contribution in [3.05, 3.63) is 88.3 Å². The molecule has 2 aliphatic rings. The standard InChI is InChI=1S/C27H28N2O2S2/c1-27(2)18-22(30)21-17-23(32-26(21)33-27)25(31)29-15-13-28(14-16-29)24(19-9-5-3-6-10-19)20-11-7-4-8-12-20/h3-12,17,24H,13-16,18H2,1-2H3. The van der Waals surface area contributed by atoms with E-state index in [2.05, 4.69) is 67.3 Å². The van der Waals surface area contributed by atoms with Crippen molar-refractivity contribution >= 4 is 34.8 Å². The highest BCUT2D eigenvalue weighted by Crippen LogP contribution is 2.46. The quantitative estimate of drug-likeness (QED) is 0.481. The zero-order valence-corrected chi connectivity index (χ0v) is 20.6. The molecule has 3 aromatic rings. The van der Waals surface area contributed by atoms with Gasteiger partial charge in [0.05, 0.1) is 15.1 Å². The highest BCUT2D eigenvalue weighted by Gasteiger charge is 2.35. The Balaban J connectivity index is 1.32. The Labute approximate surface area is 203 Å². The maximum Gasteiger partial charge on any atom is 0.264 e. The number of piperazine rings is 1. The molecule has 0 atom stereocenters. The monoisotopic (exact) mass is 476 g/mol. The molecular formula is C27H28N2O2S2. The summed E-state index contributed by atoms with van der Waals surface area (Å²) in [7, 11) is 0. The van der Waals surface area contributed by atoms with Gasteiger partial charge >= 0.3 is 0 Å². The smallest absolute Gasteiger partial charge is 0.264 e. The second-order valence-corrected chi connectivity index (χ2v) is 12.4. The van der Waals surface area contributed by atoms with Gasteiger partial charge in [0.1, 0.15) is 0 Å². The number of Topliss-reactive ketones (excluding diaryl/α,β-unsaturated/α-hetero) is 1. The van der Waals surface area contributed by atoms with Crippen LogP contribution in [0.3, 0.4) is 0 Å². The number of ketones is 1. The Bertz CT molecular complexity index is 1110. The number of hydrogen-bond acceptors (Lipinski definition) is 5. The molecule has 170 valence electrons. The van der Waals surface area contributed by atoms with Crippen LogP contribution in [0.2, 0.25) is 0 Å². The maximum atomic E-state index is 13.3. The first kappa shape index (κ1) is 22.4. The zero-order valence-electron chi connectivity index (χ0n) is 19.0. The van der Waals surface area contributed by atoms with Crippen molar-refractivity contribution < 1.29 is 9.59 Å². The van der Waals surface area contributed by atoms with Crippen LogP contribution < -0.4 is 0 Å². The number of carbonyl (C=O) groups excluding carboxylic acids is 2. The third kappa shape index (κ3) is 4.65. The fraction of sp³-hybridized carbons (Fsp3) is 0.333. The van der Waals surface area contributed by atoms with Crippen molar-refractivity contribution in [1.29, 1.82) is 0 Å². The van der Waals surface area contributed by atoms with Gasteiger partial charge < -0.3 is 4.90 Å².